The molecule has 0 amide bonds. The Morgan fingerprint density at radius 3 is 3.23 bits per heavy atom. The van der Waals surface area contributed by atoms with Gasteiger partial charge in [-0.1, -0.05) is 5.16 Å². The topological polar surface area (TPSA) is 43.7 Å². The molecule has 1 aromatic rings. The van der Waals surface area contributed by atoms with E-state index in [2.05, 4.69) is 10.1 Å². The van der Waals surface area contributed by atoms with Gasteiger partial charge in [0.2, 0.25) is 0 Å². The van der Waals surface area contributed by atoms with E-state index in [9.17, 15) is 0 Å². The first-order valence-corrected chi connectivity index (χ1v) is 4.01. The first-order valence-electron chi connectivity index (χ1n) is 4.01. The lowest BCUT2D eigenvalue weighted by molar-refractivity contribution is 0.211. The molecule has 4 heteroatoms. The molecule has 0 fully saturated rings. The van der Waals surface area contributed by atoms with Crippen LogP contribution in [0.15, 0.2) is 17.4 Å². The minimum atomic E-state index is 0.468. The summed E-state index contributed by atoms with van der Waals surface area (Å²) in [7, 11) is 1.53. The molecule has 0 atom stereocenters. The number of ether oxygens (including phenoxy) is 1. The standard InChI is InChI=1S/C9H10N2O2/c1-6-9-7(3-4-10-6)8(5-13-9)11-12-2/h3-4H,5H2,1-2H3. The average Bonchev–Trinajstić information content (AvgIpc) is 2.51. The summed E-state index contributed by atoms with van der Waals surface area (Å²) in [5.74, 6) is 0.818. The van der Waals surface area contributed by atoms with Crippen LogP contribution in [-0.4, -0.2) is 24.4 Å². The highest BCUT2D eigenvalue weighted by Gasteiger charge is 2.21. The van der Waals surface area contributed by atoms with Crippen molar-refractivity contribution < 1.29 is 9.57 Å². The molecule has 1 aliphatic rings. The van der Waals surface area contributed by atoms with Gasteiger partial charge >= 0.3 is 0 Å². The predicted molar refractivity (Wildman–Crippen MR) is 48.0 cm³/mol. The molecule has 0 radical (unpaired) electrons. The van der Waals surface area contributed by atoms with Crippen molar-refractivity contribution in [3.05, 3.63) is 23.5 Å². The maximum Gasteiger partial charge on any atom is 0.150 e. The summed E-state index contributed by atoms with van der Waals surface area (Å²) in [6.45, 7) is 2.38. The van der Waals surface area contributed by atoms with Gasteiger partial charge in [0.05, 0.1) is 5.69 Å². The Hall–Kier alpha value is -1.58. The molecule has 0 saturated carbocycles. The molecule has 0 spiro atoms. The summed E-state index contributed by atoms with van der Waals surface area (Å²) >= 11 is 0. The zero-order valence-electron chi connectivity index (χ0n) is 7.57. The highest BCUT2D eigenvalue weighted by molar-refractivity contribution is 6.06. The lowest BCUT2D eigenvalue weighted by Gasteiger charge is -1.99. The molecule has 0 N–H and O–H groups in total. The van der Waals surface area contributed by atoms with Gasteiger partial charge in [-0.3, -0.25) is 4.98 Å². The quantitative estimate of drug-likeness (QED) is 0.605. The Balaban J connectivity index is 2.49. The number of aryl methyl sites for hydroxylation is 1. The zero-order chi connectivity index (χ0) is 9.26. The smallest absolute Gasteiger partial charge is 0.150 e. The van der Waals surface area contributed by atoms with Crippen LogP contribution in [-0.2, 0) is 4.84 Å². The van der Waals surface area contributed by atoms with Crippen molar-refractivity contribution in [2.24, 2.45) is 5.16 Å². The molecule has 13 heavy (non-hydrogen) atoms. The second-order valence-electron chi connectivity index (χ2n) is 2.78. The summed E-state index contributed by atoms with van der Waals surface area (Å²) < 4.78 is 5.42. The molecule has 68 valence electrons. The van der Waals surface area contributed by atoms with Gasteiger partial charge in [-0.15, -0.1) is 0 Å². The molecule has 2 heterocycles. The van der Waals surface area contributed by atoms with Crippen molar-refractivity contribution in [2.45, 2.75) is 6.92 Å². The summed E-state index contributed by atoms with van der Waals surface area (Å²) in [4.78, 5) is 8.83. The Morgan fingerprint density at radius 1 is 1.62 bits per heavy atom. The Kier molecular flexibility index (Phi) is 1.88. The number of rotatable bonds is 1. The average molecular weight is 178 g/mol. The molecule has 0 aromatic carbocycles. The molecule has 0 saturated heterocycles. The third kappa shape index (κ3) is 1.24. The van der Waals surface area contributed by atoms with Gasteiger partial charge in [-0.2, -0.15) is 0 Å². The predicted octanol–water partition coefficient (Wildman–Crippen LogP) is 1.13. The Labute approximate surface area is 76.2 Å². The molecule has 0 unspecified atom stereocenters. The SMILES string of the molecule is CON=C1COc2c1ccnc2C. The largest absolute Gasteiger partial charge is 0.485 e. The van der Waals surface area contributed by atoms with E-state index in [0.717, 1.165) is 22.7 Å². The summed E-state index contributed by atoms with van der Waals surface area (Å²) in [5, 5.41) is 3.87. The van der Waals surface area contributed by atoms with E-state index in [1.807, 2.05) is 13.0 Å². The van der Waals surface area contributed by atoms with Crippen LogP contribution in [0.3, 0.4) is 0 Å². The molecule has 0 bridgehead atoms. The third-order valence-corrected chi connectivity index (χ3v) is 1.95. The van der Waals surface area contributed by atoms with Gasteiger partial charge in [-0.05, 0) is 13.0 Å². The fourth-order valence-corrected chi connectivity index (χ4v) is 1.37. The van der Waals surface area contributed by atoms with Crippen molar-refractivity contribution in [2.75, 3.05) is 13.7 Å². The summed E-state index contributed by atoms with van der Waals surface area (Å²) in [6, 6.07) is 1.88. The van der Waals surface area contributed by atoms with Gasteiger partial charge in [-0.25, -0.2) is 0 Å². The van der Waals surface area contributed by atoms with E-state index in [-0.39, 0.29) is 0 Å². The minimum absolute atomic E-state index is 0.468. The van der Waals surface area contributed by atoms with E-state index in [4.69, 9.17) is 9.57 Å². The van der Waals surface area contributed by atoms with Crippen LogP contribution >= 0.6 is 0 Å². The molecule has 1 aliphatic heterocycles. The number of pyridine rings is 1. The van der Waals surface area contributed by atoms with Crippen molar-refractivity contribution >= 4 is 5.71 Å². The van der Waals surface area contributed by atoms with E-state index in [0.29, 0.717) is 6.61 Å². The van der Waals surface area contributed by atoms with Crippen LogP contribution in [0, 0.1) is 6.92 Å². The molecular formula is C9H10N2O2. The Morgan fingerprint density at radius 2 is 2.46 bits per heavy atom. The number of nitrogens with zero attached hydrogens (tertiary/aromatic N) is 2. The van der Waals surface area contributed by atoms with Crippen LogP contribution in [0.4, 0.5) is 0 Å². The third-order valence-electron chi connectivity index (χ3n) is 1.95. The van der Waals surface area contributed by atoms with Crippen molar-refractivity contribution in [3.63, 3.8) is 0 Å². The van der Waals surface area contributed by atoms with Gasteiger partial charge in [0.25, 0.3) is 0 Å². The van der Waals surface area contributed by atoms with Crippen molar-refractivity contribution in [1.82, 2.24) is 4.98 Å². The van der Waals surface area contributed by atoms with Gasteiger partial charge < -0.3 is 9.57 Å². The lowest BCUT2D eigenvalue weighted by atomic mass is 10.1. The minimum Gasteiger partial charge on any atom is -0.485 e. The first-order chi connectivity index (χ1) is 6.33. The zero-order valence-corrected chi connectivity index (χ0v) is 7.57. The van der Waals surface area contributed by atoms with Crippen LogP contribution in [0.5, 0.6) is 5.75 Å². The Bertz CT molecular complexity index is 361. The summed E-state index contributed by atoms with van der Waals surface area (Å²) in [6.07, 6.45) is 1.74. The van der Waals surface area contributed by atoms with E-state index in [1.165, 1.54) is 7.11 Å². The highest BCUT2D eigenvalue weighted by Crippen LogP contribution is 2.27. The maximum absolute atomic E-state index is 5.42. The monoisotopic (exact) mass is 178 g/mol. The fraction of sp³-hybridized carbons (Fsp3) is 0.333. The maximum atomic E-state index is 5.42. The number of aromatic nitrogens is 1. The molecular weight excluding hydrogens is 168 g/mol. The van der Waals surface area contributed by atoms with Gasteiger partial charge in [0.1, 0.15) is 25.2 Å². The molecule has 0 aliphatic carbocycles. The van der Waals surface area contributed by atoms with Crippen LogP contribution < -0.4 is 4.74 Å². The normalized spacial score (nSPS) is 16.9. The molecule has 2 rings (SSSR count). The van der Waals surface area contributed by atoms with Crippen molar-refractivity contribution in [1.29, 1.82) is 0 Å². The summed E-state index contributed by atoms with van der Waals surface area (Å²) in [5.41, 5.74) is 2.69. The number of hydrogen-bond acceptors (Lipinski definition) is 4. The van der Waals surface area contributed by atoms with Gasteiger partial charge in [0, 0.05) is 11.8 Å². The highest BCUT2D eigenvalue weighted by atomic mass is 16.6. The van der Waals surface area contributed by atoms with Crippen molar-refractivity contribution in [3.8, 4) is 5.75 Å². The molecule has 4 nitrogen and oxygen atoms in total. The van der Waals surface area contributed by atoms with Gasteiger partial charge in [0.15, 0.2) is 0 Å². The first kappa shape index (κ1) is 8.04. The molecule has 1 aromatic heterocycles. The van der Waals surface area contributed by atoms with E-state index >= 15 is 0 Å². The second kappa shape index (κ2) is 3.05. The van der Waals surface area contributed by atoms with Crippen LogP contribution in [0.25, 0.3) is 0 Å². The van der Waals surface area contributed by atoms with Crippen LogP contribution in [0.2, 0.25) is 0 Å². The van der Waals surface area contributed by atoms with E-state index in [1.54, 1.807) is 6.20 Å². The number of hydrogen-bond donors (Lipinski definition) is 0. The second-order valence-corrected chi connectivity index (χ2v) is 2.78. The number of fused-ring (bicyclic) bond motifs is 1. The number of oxime groups is 1. The lowest BCUT2D eigenvalue weighted by Crippen LogP contribution is -2.02. The fourth-order valence-electron chi connectivity index (χ4n) is 1.37. The van der Waals surface area contributed by atoms with E-state index < -0.39 is 0 Å². The van der Waals surface area contributed by atoms with Crippen LogP contribution in [0.1, 0.15) is 11.3 Å².